The summed E-state index contributed by atoms with van der Waals surface area (Å²) in [4.78, 5) is 0. The zero-order valence-electron chi connectivity index (χ0n) is 12.6. The molecule has 1 aromatic heterocycles. The van der Waals surface area contributed by atoms with Gasteiger partial charge in [0.15, 0.2) is 0 Å². The summed E-state index contributed by atoms with van der Waals surface area (Å²) in [6.07, 6.45) is 3.38. The van der Waals surface area contributed by atoms with E-state index in [4.69, 9.17) is 0 Å². The van der Waals surface area contributed by atoms with Gasteiger partial charge in [0.05, 0.1) is 5.69 Å². The number of benzene rings is 1. The second-order valence-electron chi connectivity index (χ2n) is 5.85. The molecule has 0 saturated heterocycles. The van der Waals surface area contributed by atoms with Crippen LogP contribution in [-0.4, -0.2) is 15.8 Å². The van der Waals surface area contributed by atoms with Crippen molar-refractivity contribution < 1.29 is 0 Å². The SMILES string of the molecule is CCn1nc(C)cc1Cc1ccc2c(c1)CCC(C)N2. The maximum absolute atomic E-state index is 4.53. The molecule has 2 aromatic rings. The van der Waals surface area contributed by atoms with E-state index in [2.05, 4.69) is 60.1 Å². The van der Waals surface area contributed by atoms with Gasteiger partial charge in [0.2, 0.25) is 0 Å². The standard InChI is InChI=1S/C17H23N3/c1-4-20-16(9-13(3)19-20)11-14-6-8-17-15(10-14)7-5-12(2)18-17/h6,8-10,12,18H,4-5,7,11H2,1-3H3. The first-order valence-corrected chi connectivity index (χ1v) is 7.57. The maximum atomic E-state index is 4.53. The van der Waals surface area contributed by atoms with Crippen molar-refractivity contribution in [1.82, 2.24) is 9.78 Å². The van der Waals surface area contributed by atoms with Crippen LogP contribution in [-0.2, 0) is 19.4 Å². The average molecular weight is 269 g/mol. The van der Waals surface area contributed by atoms with Crippen LogP contribution in [0.2, 0.25) is 0 Å². The molecule has 3 rings (SSSR count). The molecule has 0 aliphatic carbocycles. The summed E-state index contributed by atoms with van der Waals surface area (Å²) >= 11 is 0. The van der Waals surface area contributed by atoms with E-state index < -0.39 is 0 Å². The van der Waals surface area contributed by atoms with Gasteiger partial charge in [-0.3, -0.25) is 4.68 Å². The minimum absolute atomic E-state index is 0.595. The van der Waals surface area contributed by atoms with E-state index in [1.165, 1.54) is 35.3 Å². The number of fused-ring (bicyclic) bond motifs is 1. The van der Waals surface area contributed by atoms with Crippen molar-refractivity contribution in [2.75, 3.05) is 5.32 Å². The quantitative estimate of drug-likeness (QED) is 0.923. The smallest absolute Gasteiger partial charge is 0.0596 e. The van der Waals surface area contributed by atoms with Gasteiger partial charge in [-0.05, 0) is 56.9 Å². The van der Waals surface area contributed by atoms with E-state index in [-0.39, 0.29) is 0 Å². The zero-order valence-corrected chi connectivity index (χ0v) is 12.6. The van der Waals surface area contributed by atoms with E-state index in [0.29, 0.717) is 6.04 Å². The molecule has 3 heteroatoms. The number of hydrogen-bond acceptors (Lipinski definition) is 2. The number of anilines is 1. The molecule has 0 amide bonds. The topological polar surface area (TPSA) is 29.9 Å². The molecule has 1 unspecified atom stereocenters. The first kappa shape index (κ1) is 13.2. The Morgan fingerprint density at radius 1 is 1.35 bits per heavy atom. The number of aryl methyl sites for hydroxylation is 3. The Morgan fingerprint density at radius 3 is 3.00 bits per heavy atom. The highest BCUT2D eigenvalue weighted by Gasteiger charge is 2.14. The summed E-state index contributed by atoms with van der Waals surface area (Å²) in [6, 6.07) is 9.63. The van der Waals surface area contributed by atoms with Gasteiger partial charge in [-0.1, -0.05) is 12.1 Å². The monoisotopic (exact) mass is 269 g/mol. The summed E-state index contributed by atoms with van der Waals surface area (Å²) in [7, 11) is 0. The summed E-state index contributed by atoms with van der Waals surface area (Å²) in [5, 5.41) is 8.09. The molecular weight excluding hydrogens is 246 g/mol. The molecule has 3 nitrogen and oxygen atoms in total. The minimum Gasteiger partial charge on any atom is -0.382 e. The Hall–Kier alpha value is -1.77. The van der Waals surface area contributed by atoms with E-state index in [0.717, 1.165) is 18.7 Å². The van der Waals surface area contributed by atoms with Crippen LogP contribution in [0.15, 0.2) is 24.3 Å². The van der Waals surface area contributed by atoms with Crippen LogP contribution in [0.5, 0.6) is 0 Å². The zero-order chi connectivity index (χ0) is 14.1. The summed E-state index contributed by atoms with van der Waals surface area (Å²) in [6.45, 7) is 7.40. The van der Waals surface area contributed by atoms with Crippen LogP contribution in [0.4, 0.5) is 5.69 Å². The number of nitrogens with zero attached hydrogens (tertiary/aromatic N) is 2. The molecule has 1 aliphatic rings. The van der Waals surface area contributed by atoms with Gasteiger partial charge in [-0.15, -0.1) is 0 Å². The van der Waals surface area contributed by atoms with E-state index in [9.17, 15) is 0 Å². The highest BCUT2D eigenvalue weighted by molar-refractivity contribution is 5.55. The summed E-state index contributed by atoms with van der Waals surface area (Å²) in [5.41, 5.74) is 6.57. The Labute approximate surface area is 121 Å². The number of hydrogen-bond donors (Lipinski definition) is 1. The molecule has 1 aliphatic heterocycles. The Morgan fingerprint density at radius 2 is 2.20 bits per heavy atom. The second kappa shape index (κ2) is 5.31. The molecule has 20 heavy (non-hydrogen) atoms. The first-order valence-electron chi connectivity index (χ1n) is 7.57. The number of nitrogens with one attached hydrogen (secondary N) is 1. The fourth-order valence-electron chi connectivity index (χ4n) is 3.04. The van der Waals surface area contributed by atoms with Gasteiger partial charge in [0.25, 0.3) is 0 Å². The minimum atomic E-state index is 0.595. The molecule has 0 fully saturated rings. The van der Waals surface area contributed by atoms with Gasteiger partial charge in [0, 0.05) is 30.4 Å². The van der Waals surface area contributed by atoms with Crippen LogP contribution < -0.4 is 5.32 Å². The lowest BCUT2D eigenvalue weighted by molar-refractivity contribution is 0.624. The number of aromatic nitrogens is 2. The molecule has 1 N–H and O–H groups in total. The lowest BCUT2D eigenvalue weighted by Gasteiger charge is -2.24. The van der Waals surface area contributed by atoms with Crippen LogP contribution in [0.1, 0.15) is 42.8 Å². The molecule has 2 heterocycles. The highest BCUT2D eigenvalue weighted by Crippen LogP contribution is 2.26. The molecule has 0 spiro atoms. The fraction of sp³-hybridized carbons (Fsp3) is 0.471. The molecular formula is C17H23N3. The van der Waals surface area contributed by atoms with Gasteiger partial charge < -0.3 is 5.32 Å². The highest BCUT2D eigenvalue weighted by atomic mass is 15.3. The molecule has 0 bridgehead atoms. The summed E-state index contributed by atoms with van der Waals surface area (Å²) < 4.78 is 2.11. The van der Waals surface area contributed by atoms with Crippen molar-refractivity contribution >= 4 is 5.69 Å². The predicted octanol–water partition coefficient (Wildman–Crippen LogP) is 3.55. The van der Waals surface area contributed by atoms with Crippen molar-refractivity contribution in [3.63, 3.8) is 0 Å². The number of rotatable bonds is 3. The molecule has 1 atom stereocenters. The molecule has 0 saturated carbocycles. The van der Waals surface area contributed by atoms with Crippen LogP contribution >= 0.6 is 0 Å². The predicted molar refractivity (Wildman–Crippen MR) is 83.3 cm³/mol. The van der Waals surface area contributed by atoms with Crippen molar-refractivity contribution in [1.29, 1.82) is 0 Å². The third kappa shape index (κ3) is 2.58. The molecule has 1 aromatic carbocycles. The lowest BCUT2D eigenvalue weighted by atomic mass is 9.96. The van der Waals surface area contributed by atoms with Crippen LogP contribution in [0.3, 0.4) is 0 Å². The third-order valence-electron chi connectivity index (χ3n) is 4.09. The van der Waals surface area contributed by atoms with Crippen molar-refractivity contribution in [2.24, 2.45) is 0 Å². The van der Waals surface area contributed by atoms with Crippen molar-refractivity contribution in [3.8, 4) is 0 Å². The van der Waals surface area contributed by atoms with Crippen molar-refractivity contribution in [2.45, 2.75) is 52.6 Å². The fourth-order valence-corrected chi connectivity index (χ4v) is 3.04. The lowest BCUT2D eigenvalue weighted by Crippen LogP contribution is -2.21. The van der Waals surface area contributed by atoms with Gasteiger partial charge in [-0.25, -0.2) is 0 Å². The third-order valence-corrected chi connectivity index (χ3v) is 4.09. The van der Waals surface area contributed by atoms with Gasteiger partial charge >= 0.3 is 0 Å². The first-order chi connectivity index (χ1) is 9.65. The Balaban J connectivity index is 1.84. The molecule has 0 radical (unpaired) electrons. The van der Waals surface area contributed by atoms with Gasteiger partial charge in [-0.2, -0.15) is 5.10 Å². The van der Waals surface area contributed by atoms with E-state index in [1.54, 1.807) is 0 Å². The van der Waals surface area contributed by atoms with E-state index in [1.807, 2.05) is 0 Å². The second-order valence-corrected chi connectivity index (χ2v) is 5.85. The van der Waals surface area contributed by atoms with Gasteiger partial charge in [0.1, 0.15) is 0 Å². The normalized spacial score (nSPS) is 17.6. The molecule has 106 valence electrons. The Kier molecular flexibility index (Phi) is 3.51. The van der Waals surface area contributed by atoms with E-state index >= 15 is 0 Å². The maximum Gasteiger partial charge on any atom is 0.0596 e. The van der Waals surface area contributed by atoms with Crippen molar-refractivity contribution in [3.05, 3.63) is 46.8 Å². The summed E-state index contributed by atoms with van der Waals surface area (Å²) in [5.74, 6) is 0. The Bertz CT molecular complexity index is 613. The van der Waals surface area contributed by atoms with Crippen LogP contribution in [0.25, 0.3) is 0 Å². The largest absolute Gasteiger partial charge is 0.382 e. The average Bonchev–Trinajstić information content (AvgIpc) is 2.79. The van der Waals surface area contributed by atoms with Crippen LogP contribution in [0, 0.1) is 6.92 Å².